The molecule has 2 aliphatic heterocycles. The summed E-state index contributed by atoms with van der Waals surface area (Å²) in [6.07, 6.45) is 14.1. The number of ether oxygens (including phenoxy) is 1. The molecule has 170 valence electrons. The van der Waals surface area contributed by atoms with Crippen LogP contribution in [-0.2, 0) is 9.53 Å². The van der Waals surface area contributed by atoms with Gasteiger partial charge in [-0.25, -0.2) is 0 Å². The van der Waals surface area contributed by atoms with E-state index in [1.54, 1.807) is 11.1 Å². The van der Waals surface area contributed by atoms with Crippen LogP contribution in [0, 0.1) is 29.1 Å². The summed E-state index contributed by atoms with van der Waals surface area (Å²) in [7, 11) is 0. The predicted octanol–water partition coefficient (Wildman–Crippen LogP) is 5.74. The lowest BCUT2D eigenvalue weighted by Gasteiger charge is -2.48. The number of carbonyl (C=O) groups is 1. The third-order valence-corrected chi connectivity index (χ3v) is 11.0. The summed E-state index contributed by atoms with van der Waals surface area (Å²) < 4.78 is 6.98. The van der Waals surface area contributed by atoms with Crippen molar-refractivity contribution in [2.45, 2.75) is 116 Å². The van der Waals surface area contributed by atoms with Gasteiger partial charge >= 0.3 is 0 Å². The van der Waals surface area contributed by atoms with Gasteiger partial charge < -0.3 is 10.1 Å². The average molecular weight is 424 g/mol. The third-order valence-electron chi connectivity index (χ3n) is 11.0. The minimum absolute atomic E-state index is 0.0458. The molecule has 4 fully saturated rings. The fourth-order valence-electron chi connectivity index (χ4n) is 9.12. The molecule has 2 saturated heterocycles. The number of hydrogen-bond donors (Lipinski definition) is 1. The summed E-state index contributed by atoms with van der Waals surface area (Å²) in [5.41, 5.74) is 5.23. The fraction of sp³-hybridized carbons (Fsp3) is 0.821. The maximum Gasteiger partial charge on any atom is 0.155 e. The normalized spacial score (nSPS) is 51.7. The molecule has 6 rings (SSSR count). The molecule has 0 unspecified atom stereocenters. The molecule has 1 N–H and O–H groups in total. The number of fused-ring (bicyclic) bond motifs is 6. The standard InChI is InChI=1S/C28H41NO2/c1-16-15-28(18(3)26-25(31-28)8-5-17(2)29-26)12-10-21-22-7-6-19-13-20(30)9-11-27(19,4)24(22)14-23(16)21/h13,17-18,21-22,24-26,29H,5-12,14-15H2,1-4H3/t17-,18-,21+,22+,24+,25-,26+,27+,28+/m1/s1. The quantitative estimate of drug-likeness (QED) is 0.505. The second kappa shape index (κ2) is 7.03. The van der Waals surface area contributed by atoms with E-state index in [9.17, 15) is 4.79 Å². The molecule has 6 aliphatic rings. The van der Waals surface area contributed by atoms with E-state index in [1.807, 2.05) is 6.08 Å². The zero-order valence-corrected chi connectivity index (χ0v) is 20.0. The molecule has 3 nitrogen and oxygen atoms in total. The molecule has 3 heteroatoms. The van der Waals surface area contributed by atoms with E-state index in [1.165, 1.54) is 44.1 Å². The molecule has 4 aliphatic carbocycles. The number of piperidine rings is 1. The molecule has 2 saturated carbocycles. The Morgan fingerprint density at radius 1 is 1.10 bits per heavy atom. The predicted molar refractivity (Wildman–Crippen MR) is 124 cm³/mol. The van der Waals surface area contributed by atoms with Crippen molar-refractivity contribution in [2.24, 2.45) is 29.1 Å². The Morgan fingerprint density at radius 3 is 2.77 bits per heavy atom. The van der Waals surface area contributed by atoms with E-state index in [2.05, 4.69) is 33.0 Å². The van der Waals surface area contributed by atoms with Crippen LogP contribution in [0.2, 0.25) is 0 Å². The highest BCUT2D eigenvalue weighted by molar-refractivity contribution is 5.91. The van der Waals surface area contributed by atoms with Crippen LogP contribution in [0.25, 0.3) is 0 Å². The van der Waals surface area contributed by atoms with Crippen molar-refractivity contribution in [2.75, 3.05) is 0 Å². The molecular weight excluding hydrogens is 382 g/mol. The van der Waals surface area contributed by atoms with Gasteiger partial charge in [0, 0.05) is 24.4 Å². The number of ketones is 1. The highest BCUT2D eigenvalue weighted by atomic mass is 16.5. The average Bonchev–Trinajstić information content (AvgIpc) is 3.20. The van der Waals surface area contributed by atoms with Crippen molar-refractivity contribution in [3.63, 3.8) is 0 Å². The first-order valence-corrected chi connectivity index (χ1v) is 13.2. The van der Waals surface area contributed by atoms with Crippen LogP contribution in [0.1, 0.15) is 91.9 Å². The van der Waals surface area contributed by atoms with Gasteiger partial charge in [-0.05, 0) is 101 Å². The Kier molecular flexibility index (Phi) is 4.69. The van der Waals surface area contributed by atoms with Gasteiger partial charge in [0.25, 0.3) is 0 Å². The molecule has 0 amide bonds. The SMILES string of the molecule is CC1=C2C[C@H]3[C@@H](CCC4=CC(=O)CC[C@@]43C)[C@@H]2CC[C@@]2(C1)O[C@@H]1CC[C@@H](C)N[C@H]1[C@H]2C. The van der Waals surface area contributed by atoms with E-state index < -0.39 is 0 Å². The molecule has 0 bridgehead atoms. The first-order chi connectivity index (χ1) is 14.8. The number of rotatable bonds is 0. The van der Waals surface area contributed by atoms with Gasteiger partial charge in [-0.2, -0.15) is 0 Å². The van der Waals surface area contributed by atoms with Crippen molar-refractivity contribution < 1.29 is 9.53 Å². The lowest BCUT2D eigenvalue weighted by atomic mass is 9.56. The lowest BCUT2D eigenvalue weighted by molar-refractivity contribution is -0.116. The summed E-state index contributed by atoms with van der Waals surface area (Å²) in [4.78, 5) is 12.1. The summed E-state index contributed by atoms with van der Waals surface area (Å²) in [6.45, 7) is 9.73. The molecular formula is C28H41NO2. The molecule has 31 heavy (non-hydrogen) atoms. The van der Waals surface area contributed by atoms with Gasteiger partial charge in [0.15, 0.2) is 5.78 Å². The highest BCUT2D eigenvalue weighted by Gasteiger charge is 2.58. The van der Waals surface area contributed by atoms with E-state index in [-0.39, 0.29) is 11.0 Å². The van der Waals surface area contributed by atoms with Gasteiger partial charge in [0.05, 0.1) is 11.7 Å². The van der Waals surface area contributed by atoms with E-state index in [0.717, 1.165) is 43.4 Å². The number of carbonyl (C=O) groups excluding carboxylic acids is 1. The maximum atomic E-state index is 12.1. The first kappa shape index (κ1) is 20.7. The van der Waals surface area contributed by atoms with Gasteiger partial charge in [0.1, 0.15) is 0 Å². The van der Waals surface area contributed by atoms with Gasteiger partial charge in [-0.15, -0.1) is 0 Å². The van der Waals surface area contributed by atoms with Crippen LogP contribution in [0.3, 0.4) is 0 Å². The Balaban J connectivity index is 1.30. The molecule has 0 aromatic carbocycles. The third kappa shape index (κ3) is 2.94. The van der Waals surface area contributed by atoms with Crippen LogP contribution in [0.4, 0.5) is 0 Å². The van der Waals surface area contributed by atoms with Crippen LogP contribution in [0.15, 0.2) is 22.8 Å². The minimum atomic E-state index is 0.0458. The van der Waals surface area contributed by atoms with Crippen molar-refractivity contribution >= 4 is 5.78 Å². The smallest absolute Gasteiger partial charge is 0.155 e. The fourth-order valence-corrected chi connectivity index (χ4v) is 9.12. The zero-order valence-electron chi connectivity index (χ0n) is 20.0. The van der Waals surface area contributed by atoms with E-state index >= 15 is 0 Å². The van der Waals surface area contributed by atoms with Gasteiger partial charge in [-0.1, -0.05) is 30.6 Å². The molecule has 0 aromatic rings. The summed E-state index contributed by atoms with van der Waals surface area (Å²) in [5.74, 6) is 3.27. The van der Waals surface area contributed by atoms with Crippen molar-refractivity contribution in [1.29, 1.82) is 0 Å². The first-order valence-electron chi connectivity index (χ1n) is 13.2. The highest BCUT2D eigenvalue weighted by Crippen LogP contribution is 2.64. The van der Waals surface area contributed by atoms with E-state index in [0.29, 0.717) is 29.9 Å². The van der Waals surface area contributed by atoms with Crippen LogP contribution >= 0.6 is 0 Å². The van der Waals surface area contributed by atoms with Crippen LogP contribution in [-0.4, -0.2) is 29.6 Å². The second-order valence-corrected chi connectivity index (χ2v) is 12.4. The van der Waals surface area contributed by atoms with E-state index in [4.69, 9.17) is 4.74 Å². The molecule has 0 aromatic heterocycles. The summed E-state index contributed by atoms with van der Waals surface area (Å²) >= 11 is 0. The minimum Gasteiger partial charge on any atom is -0.369 e. The van der Waals surface area contributed by atoms with Crippen molar-refractivity contribution in [3.8, 4) is 0 Å². The molecule has 0 radical (unpaired) electrons. The lowest BCUT2D eigenvalue weighted by Crippen LogP contribution is -2.50. The Labute approximate surface area is 188 Å². The van der Waals surface area contributed by atoms with Crippen molar-refractivity contribution in [1.82, 2.24) is 5.32 Å². The van der Waals surface area contributed by atoms with Gasteiger partial charge in [-0.3, -0.25) is 4.79 Å². The van der Waals surface area contributed by atoms with Crippen LogP contribution < -0.4 is 5.32 Å². The largest absolute Gasteiger partial charge is 0.369 e. The number of hydrogen-bond acceptors (Lipinski definition) is 3. The Bertz CT molecular complexity index is 857. The number of nitrogens with one attached hydrogen (secondary N) is 1. The molecule has 9 atom stereocenters. The van der Waals surface area contributed by atoms with Crippen molar-refractivity contribution in [3.05, 3.63) is 22.8 Å². The topological polar surface area (TPSA) is 38.3 Å². The van der Waals surface area contributed by atoms with Crippen LogP contribution in [0.5, 0.6) is 0 Å². The zero-order chi connectivity index (χ0) is 21.5. The Hall–Kier alpha value is -0.930. The monoisotopic (exact) mass is 423 g/mol. The number of allylic oxidation sites excluding steroid dienone is 3. The molecule has 1 spiro atoms. The van der Waals surface area contributed by atoms with Gasteiger partial charge in [0.2, 0.25) is 0 Å². The molecule has 2 heterocycles. The summed E-state index contributed by atoms with van der Waals surface area (Å²) in [5, 5.41) is 3.90. The maximum absolute atomic E-state index is 12.1. The second-order valence-electron chi connectivity index (χ2n) is 12.4. The Morgan fingerprint density at radius 2 is 1.94 bits per heavy atom. The summed E-state index contributed by atoms with van der Waals surface area (Å²) in [6, 6.07) is 1.16.